The number of nitrogens with two attached hydrogens (primary N) is 1. The van der Waals surface area contributed by atoms with Gasteiger partial charge in [0, 0.05) is 5.69 Å². The van der Waals surface area contributed by atoms with Gasteiger partial charge in [0.05, 0.1) is 0 Å². The first-order valence-corrected chi connectivity index (χ1v) is 9.19. The molecule has 2 rings (SSSR count). The average molecular weight is 311 g/mol. The monoisotopic (exact) mass is 311 g/mol. The smallest absolute Gasteiger partial charge is 0.296 e. The lowest BCUT2D eigenvalue weighted by Gasteiger charge is -2.19. The summed E-state index contributed by atoms with van der Waals surface area (Å²) >= 11 is 0. The second-order valence-corrected chi connectivity index (χ2v) is 7.00. The van der Waals surface area contributed by atoms with Crippen LogP contribution < -0.4 is 9.86 Å². The first-order chi connectivity index (χ1) is 10.0. The highest BCUT2D eigenvalue weighted by Gasteiger charge is 2.08. The lowest BCUT2D eigenvalue weighted by atomic mass is 10.1. The van der Waals surface area contributed by atoms with Gasteiger partial charge in [-0.05, 0) is 63.0 Å². The Morgan fingerprint density at radius 2 is 1.67 bits per heavy atom. The van der Waals surface area contributed by atoms with Gasteiger partial charge in [-0.2, -0.15) is 8.42 Å². The van der Waals surface area contributed by atoms with Gasteiger partial charge in [-0.25, -0.2) is 5.14 Å². The van der Waals surface area contributed by atoms with Crippen LogP contribution in [-0.4, -0.2) is 33.0 Å². The van der Waals surface area contributed by atoms with Crippen molar-refractivity contribution in [2.24, 2.45) is 5.14 Å². The number of aryl methyl sites for hydroxylation is 1. The van der Waals surface area contributed by atoms with E-state index in [0.29, 0.717) is 5.69 Å². The van der Waals surface area contributed by atoms with Gasteiger partial charge in [0.1, 0.15) is 0 Å². The summed E-state index contributed by atoms with van der Waals surface area (Å²) in [6.07, 6.45) is 7.56. The first kappa shape index (κ1) is 16.3. The molecule has 0 unspecified atom stereocenters. The van der Waals surface area contributed by atoms with Gasteiger partial charge in [-0.3, -0.25) is 4.72 Å². The Hall–Kier alpha value is -1.11. The molecule has 0 bridgehead atoms. The number of nitrogens with one attached hydrogen (secondary N) is 1. The summed E-state index contributed by atoms with van der Waals surface area (Å²) in [7, 11) is -3.68. The Morgan fingerprint density at radius 3 is 2.24 bits per heavy atom. The standard InChI is InChI=1S/C15H25N3O2S/c16-21(19,20)17-15-9-7-14(8-10-15)6-5-13-18-11-3-1-2-4-12-18/h7-10,17H,1-6,11-13H2,(H2,16,19,20). The van der Waals surface area contributed by atoms with Crippen molar-refractivity contribution in [3.05, 3.63) is 29.8 Å². The lowest BCUT2D eigenvalue weighted by Crippen LogP contribution is -2.26. The Bertz CT molecular complexity index is 520. The predicted molar refractivity (Wildman–Crippen MR) is 86.4 cm³/mol. The molecule has 1 aliphatic heterocycles. The molecule has 0 aliphatic carbocycles. The summed E-state index contributed by atoms with van der Waals surface area (Å²) in [4.78, 5) is 2.56. The van der Waals surface area contributed by atoms with E-state index in [1.54, 1.807) is 12.1 Å². The third-order valence-corrected chi connectivity index (χ3v) is 4.37. The minimum absolute atomic E-state index is 0.508. The molecule has 1 saturated heterocycles. The molecule has 6 heteroatoms. The summed E-state index contributed by atoms with van der Waals surface area (Å²) in [6, 6.07) is 7.42. The van der Waals surface area contributed by atoms with E-state index < -0.39 is 10.2 Å². The molecule has 1 aromatic carbocycles. The van der Waals surface area contributed by atoms with E-state index in [-0.39, 0.29) is 0 Å². The van der Waals surface area contributed by atoms with E-state index in [1.807, 2.05) is 12.1 Å². The molecule has 0 saturated carbocycles. The molecule has 1 aliphatic rings. The number of benzene rings is 1. The molecule has 1 fully saturated rings. The van der Waals surface area contributed by atoms with Gasteiger partial charge in [0.25, 0.3) is 10.2 Å². The third-order valence-electron chi connectivity index (χ3n) is 3.85. The van der Waals surface area contributed by atoms with E-state index in [0.717, 1.165) is 19.4 Å². The maximum absolute atomic E-state index is 10.9. The fraction of sp³-hybridized carbons (Fsp3) is 0.600. The fourth-order valence-corrected chi connectivity index (χ4v) is 3.23. The van der Waals surface area contributed by atoms with Crippen molar-refractivity contribution >= 4 is 15.9 Å². The Labute approximate surface area is 127 Å². The van der Waals surface area contributed by atoms with E-state index in [9.17, 15) is 8.42 Å². The van der Waals surface area contributed by atoms with Crippen molar-refractivity contribution in [2.75, 3.05) is 24.4 Å². The van der Waals surface area contributed by atoms with E-state index in [1.165, 1.54) is 44.3 Å². The molecule has 0 spiro atoms. The Balaban J connectivity index is 1.75. The molecule has 21 heavy (non-hydrogen) atoms. The van der Waals surface area contributed by atoms with Crippen LogP contribution in [0.1, 0.15) is 37.7 Å². The quantitative estimate of drug-likeness (QED) is 0.845. The van der Waals surface area contributed by atoms with Gasteiger partial charge < -0.3 is 4.90 Å². The molecule has 5 nitrogen and oxygen atoms in total. The molecule has 0 aromatic heterocycles. The largest absolute Gasteiger partial charge is 0.303 e. The van der Waals surface area contributed by atoms with Crippen molar-refractivity contribution in [2.45, 2.75) is 38.5 Å². The molecule has 0 radical (unpaired) electrons. The fourth-order valence-electron chi connectivity index (χ4n) is 2.77. The van der Waals surface area contributed by atoms with Crippen LogP contribution in [0.15, 0.2) is 24.3 Å². The van der Waals surface area contributed by atoms with Gasteiger partial charge >= 0.3 is 0 Å². The van der Waals surface area contributed by atoms with Crippen LogP contribution >= 0.6 is 0 Å². The summed E-state index contributed by atoms with van der Waals surface area (Å²) in [5, 5.41) is 4.94. The second kappa shape index (κ2) is 7.77. The highest BCUT2D eigenvalue weighted by atomic mass is 32.2. The summed E-state index contributed by atoms with van der Waals surface area (Å²) in [5.41, 5.74) is 1.73. The zero-order valence-electron chi connectivity index (χ0n) is 12.4. The molecule has 3 N–H and O–H groups in total. The van der Waals surface area contributed by atoms with Gasteiger partial charge in [-0.15, -0.1) is 0 Å². The highest BCUT2D eigenvalue weighted by molar-refractivity contribution is 7.90. The number of hydrogen-bond donors (Lipinski definition) is 2. The minimum Gasteiger partial charge on any atom is -0.303 e. The van der Waals surface area contributed by atoms with Crippen molar-refractivity contribution in [3.63, 3.8) is 0 Å². The van der Waals surface area contributed by atoms with E-state index in [4.69, 9.17) is 5.14 Å². The zero-order valence-corrected chi connectivity index (χ0v) is 13.2. The third kappa shape index (κ3) is 6.46. The first-order valence-electron chi connectivity index (χ1n) is 7.65. The van der Waals surface area contributed by atoms with Crippen LogP contribution in [0.25, 0.3) is 0 Å². The molecular weight excluding hydrogens is 286 g/mol. The Morgan fingerprint density at radius 1 is 1.05 bits per heavy atom. The molecule has 1 aromatic rings. The van der Waals surface area contributed by atoms with Crippen molar-refractivity contribution in [3.8, 4) is 0 Å². The molecule has 0 amide bonds. The SMILES string of the molecule is NS(=O)(=O)Nc1ccc(CCCN2CCCCCC2)cc1. The number of likely N-dealkylation sites (tertiary alicyclic amines) is 1. The summed E-state index contributed by atoms with van der Waals surface area (Å²) in [6.45, 7) is 3.62. The van der Waals surface area contributed by atoms with Gasteiger partial charge in [0.15, 0.2) is 0 Å². The lowest BCUT2D eigenvalue weighted by molar-refractivity contribution is 0.281. The number of hydrogen-bond acceptors (Lipinski definition) is 3. The number of rotatable bonds is 6. The van der Waals surface area contributed by atoms with Crippen LogP contribution in [-0.2, 0) is 16.6 Å². The average Bonchev–Trinajstić information content (AvgIpc) is 2.68. The van der Waals surface area contributed by atoms with Crippen LogP contribution in [0.3, 0.4) is 0 Å². The second-order valence-electron chi connectivity index (χ2n) is 5.70. The van der Waals surface area contributed by atoms with Crippen molar-refractivity contribution in [1.29, 1.82) is 0 Å². The molecule has 118 valence electrons. The van der Waals surface area contributed by atoms with Crippen LogP contribution in [0.2, 0.25) is 0 Å². The topological polar surface area (TPSA) is 75.4 Å². The Kier molecular flexibility index (Phi) is 6.02. The summed E-state index contributed by atoms with van der Waals surface area (Å²) in [5.74, 6) is 0. The van der Waals surface area contributed by atoms with E-state index in [2.05, 4.69) is 9.62 Å². The van der Waals surface area contributed by atoms with Gasteiger partial charge in [-0.1, -0.05) is 25.0 Å². The van der Waals surface area contributed by atoms with Crippen LogP contribution in [0, 0.1) is 0 Å². The van der Waals surface area contributed by atoms with Crippen molar-refractivity contribution in [1.82, 2.24) is 4.90 Å². The van der Waals surface area contributed by atoms with Gasteiger partial charge in [0.2, 0.25) is 0 Å². The van der Waals surface area contributed by atoms with Crippen LogP contribution in [0.4, 0.5) is 5.69 Å². The predicted octanol–water partition coefficient (Wildman–Crippen LogP) is 2.11. The number of anilines is 1. The van der Waals surface area contributed by atoms with Crippen LogP contribution in [0.5, 0.6) is 0 Å². The normalized spacial score (nSPS) is 17.4. The number of nitrogens with zero attached hydrogens (tertiary/aromatic N) is 1. The molecule has 0 atom stereocenters. The highest BCUT2D eigenvalue weighted by Crippen LogP contribution is 2.13. The van der Waals surface area contributed by atoms with E-state index >= 15 is 0 Å². The minimum atomic E-state index is -3.68. The maximum Gasteiger partial charge on any atom is 0.296 e. The molecule has 1 heterocycles. The maximum atomic E-state index is 10.9. The zero-order chi connectivity index (χ0) is 15.1. The summed E-state index contributed by atoms with van der Waals surface area (Å²) < 4.78 is 24.1. The molecular formula is C15H25N3O2S. The van der Waals surface area contributed by atoms with Crippen molar-refractivity contribution < 1.29 is 8.42 Å².